The standard InChI is InChI=1S/C22H17N3O/c1-15-12-16(10-11-24-15)21-14-25(18-5-7-19(26-3)8-6-18)22-9-4-17(23-2)13-20(21)22/h4-14H,1,3H3. The fourth-order valence-corrected chi connectivity index (χ4v) is 3.19. The first-order valence-electron chi connectivity index (χ1n) is 8.29. The maximum absolute atomic E-state index is 7.34. The molecule has 4 rings (SSSR count). The van der Waals surface area contributed by atoms with Gasteiger partial charge in [-0.2, -0.15) is 0 Å². The van der Waals surface area contributed by atoms with Crippen LogP contribution in [0, 0.1) is 13.5 Å². The molecule has 0 spiro atoms. The summed E-state index contributed by atoms with van der Waals surface area (Å²) >= 11 is 0. The minimum absolute atomic E-state index is 0.636. The molecule has 0 amide bonds. The molecule has 0 bridgehead atoms. The van der Waals surface area contributed by atoms with E-state index in [1.807, 2.05) is 61.7 Å². The van der Waals surface area contributed by atoms with Crippen LogP contribution in [0.15, 0.2) is 67.0 Å². The zero-order chi connectivity index (χ0) is 18.1. The quantitative estimate of drug-likeness (QED) is 0.458. The number of aryl methyl sites for hydroxylation is 1. The third-order valence-electron chi connectivity index (χ3n) is 4.48. The number of hydrogen-bond acceptors (Lipinski definition) is 2. The van der Waals surface area contributed by atoms with Gasteiger partial charge in [-0.15, -0.1) is 0 Å². The van der Waals surface area contributed by atoms with Crippen LogP contribution in [0.5, 0.6) is 5.75 Å². The highest BCUT2D eigenvalue weighted by Gasteiger charge is 2.13. The number of ether oxygens (including phenoxy) is 1. The number of methoxy groups -OCH3 is 1. The predicted octanol–water partition coefficient (Wildman–Crippen LogP) is 5.56. The number of fused-ring (bicyclic) bond motifs is 1. The normalized spacial score (nSPS) is 10.7. The lowest BCUT2D eigenvalue weighted by Crippen LogP contribution is -1.92. The van der Waals surface area contributed by atoms with Crippen LogP contribution in [0.3, 0.4) is 0 Å². The Balaban J connectivity index is 1.98. The van der Waals surface area contributed by atoms with Crippen molar-refractivity contribution in [3.63, 3.8) is 0 Å². The molecule has 0 radical (unpaired) electrons. The van der Waals surface area contributed by atoms with E-state index in [0.29, 0.717) is 5.69 Å². The predicted molar refractivity (Wildman–Crippen MR) is 104 cm³/mol. The Bertz CT molecular complexity index is 1130. The second-order valence-corrected chi connectivity index (χ2v) is 6.11. The van der Waals surface area contributed by atoms with Crippen LogP contribution in [0.1, 0.15) is 5.69 Å². The van der Waals surface area contributed by atoms with Gasteiger partial charge in [-0.05, 0) is 66.4 Å². The number of hydrogen-bond donors (Lipinski definition) is 0. The molecule has 0 aliphatic rings. The number of pyridine rings is 1. The van der Waals surface area contributed by atoms with Gasteiger partial charge in [-0.3, -0.25) is 4.98 Å². The molecule has 4 aromatic rings. The fraction of sp³-hybridized carbons (Fsp3) is 0.0909. The summed E-state index contributed by atoms with van der Waals surface area (Å²) < 4.78 is 7.41. The van der Waals surface area contributed by atoms with Crippen LogP contribution in [0.4, 0.5) is 5.69 Å². The molecule has 0 fully saturated rings. The lowest BCUT2D eigenvalue weighted by atomic mass is 10.0. The van der Waals surface area contributed by atoms with E-state index in [4.69, 9.17) is 11.3 Å². The van der Waals surface area contributed by atoms with Gasteiger partial charge in [0.2, 0.25) is 0 Å². The maximum Gasteiger partial charge on any atom is 0.188 e. The minimum atomic E-state index is 0.636. The average molecular weight is 339 g/mol. The third-order valence-corrected chi connectivity index (χ3v) is 4.48. The molecule has 2 heterocycles. The van der Waals surface area contributed by atoms with Crippen LogP contribution in [0.2, 0.25) is 0 Å². The van der Waals surface area contributed by atoms with Crippen molar-refractivity contribution >= 4 is 16.6 Å². The van der Waals surface area contributed by atoms with Gasteiger partial charge < -0.3 is 9.30 Å². The summed E-state index contributed by atoms with van der Waals surface area (Å²) in [6, 6.07) is 17.8. The van der Waals surface area contributed by atoms with E-state index < -0.39 is 0 Å². The molecule has 2 aromatic heterocycles. The summed E-state index contributed by atoms with van der Waals surface area (Å²) in [4.78, 5) is 7.88. The van der Waals surface area contributed by atoms with Gasteiger partial charge in [0, 0.05) is 29.3 Å². The van der Waals surface area contributed by atoms with Crippen LogP contribution in [-0.4, -0.2) is 16.7 Å². The SMILES string of the molecule is [C-]#[N+]c1ccc2c(c1)c(-c1ccnc(C)c1)cn2-c1ccc(OC)cc1. The zero-order valence-corrected chi connectivity index (χ0v) is 14.6. The molecular weight excluding hydrogens is 322 g/mol. The topological polar surface area (TPSA) is 31.4 Å². The van der Waals surface area contributed by atoms with Gasteiger partial charge >= 0.3 is 0 Å². The van der Waals surface area contributed by atoms with Crippen molar-refractivity contribution in [1.29, 1.82) is 0 Å². The molecule has 4 heteroatoms. The number of rotatable bonds is 3. The second-order valence-electron chi connectivity index (χ2n) is 6.11. The van der Waals surface area contributed by atoms with Gasteiger partial charge in [-0.25, -0.2) is 4.85 Å². The summed E-state index contributed by atoms with van der Waals surface area (Å²) in [5.41, 5.74) is 5.89. The Kier molecular flexibility index (Phi) is 3.91. The van der Waals surface area contributed by atoms with Crippen LogP contribution in [0.25, 0.3) is 32.6 Å². The van der Waals surface area contributed by atoms with Crippen molar-refractivity contribution in [1.82, 2.24) is 9.55 Å². The molecule has 0 aliphatic heterocycles. The molecule has 2 aromatic carbocycles. The number of aromatic nitrogens is 2. The average Bonchev–Trinajstić information content (AvgIpc) is 3.06. The number of benzene rings is 2. The molecule has 126 valence electrons. The lowest BCUT2D eigenvalue weighted by Gasteiger charge is -2.06. The Morgan fingerprint density at radius 3 is 2.54 bits per heavy atom. The van der Waals surface area contributed by atoms with E-state index in [1.54, 1.807) is 7.11 Å². The summed E-state index contributed by atoms with van der Waals surface area (Å²) in [5, 5.41) is 1.06. The molecule has 0 aliphatic carbocycles. The molecule has 0 unspecified atom stereocenters. The minimum Gasteiger partial charge on any atom is -0.497 e. The first kappa shape index (κ1) is 15.9. The molecule has 4 nitrogen and oxygen atoms in total. The molecular formula is C22H17N3O. The second kappa shape index (κ2) is 6.38. The highest BCUT2D eigenvalue weighted by Crippen LogP contribution is 2.35. The van der Waals surface area contributed by atoms with Crippen molar-refractivity contribution in [3.05, 3.63) is 84.1 Å². The smallest absolute Gasteiger partial charge is 0.188 e. The van der Waals surface area contributed by atoms with Crippen molar-refractivity contribution in [2.24, 2.45) is 0 Å². The molecule has 0 atom stereocenters. The largest absolute Gasteiger partial charge is 0.497 e. The van der Waals surface area contributed by atoms with E-state index in [9.17, 15) is 0 Å². The Labute approximate surface area is 152 Å². The van der Waals surface area contributed by atoms with Crippen molar-refractivity contribution in [2.45, 2.75) is 6.92 Å². The Morgan fingerprint density at radius 2 is 1.85 bits per heavy atom. The molecule has 0 N–H and O–H groups in total. The van der Waals surface area contributed by atoms with Gasteiger partial charge in [0.25, 0.3) is 0 Å². The Morgan fingerprint density at radius 1 is 1.04 bits per heavy atom. The van der Waals surface area contributed by atoms with Crippen molar-refractivity contribution < 1.29 is 4.74 Å². The van der Waals surface area contributed by atoms with E-state index in [0.717, 1.165) is 39.2 Å². The van der Waals surface area contributed by atoms with Crippen LogP contribution in [-0.2, 0) is 0 Å². The lowest BCUT2D eigenvalue weighted by molar-refractivity contribution is 0.415. The van der Waals surface area contributed by atoms with Gasteiger partial charge in [-0.1, -0.05) is 6.07 Å². The summed E-state index contributed by atoms with van der Waals surface area (Å²) in [7, 11) is 1.66. The van der Waals surface area contributed by atoms with E-state index in [1.165, 1.54) is 0 Å². The monoisotopic (exact) mass is 339 g/mol. The zero-order valence-electron chi connectivity index (χ0n) is 14.6. The van der Waals surface area contributed by atoms with E-state index >= 15 is 0 Å². The highest BCUT2D eigenvalue weighted by molar-refractivity contribution is 5.99. The summed E-state index contributed by atoms with van der Waals surface area (Å²) in [5.74, 6) is 0.825. The first-order valence-corrected chi connectivity index (χ1v) is 8.29. The summed E-state index contributed by atoms with van der Waals surface area (Å²) in [6.45, 7) is 9.32. The molecule has 26 heavy (non-hydrogen) atoms. The van der Waals surface area contributed by atoms with Gasteiger partial charge in [0.1, 0.15) is 5.75 Å². The van der Waals surface area contributed by atoms with Crippen molar-refractivity contribution in [2.75, 3.05) is 7.11 Å². The third kappa shape index (κ3) is 2.70. The van der Waals surface area contributed by atoms with E-state index in [2.05, 4.69) is 26.7 Å². The number of nitrogens with zero attached hydrogens (tertiary/aromatic N) is 3. The Hall–Kier alpha value is -3.58. The van der Waals surface area contributed by atoms with Gasteiger partial charge in [0.15, 0.2) is 5.69 Å². The highest BCUT2D eigenvalue weighted by atomic mass is 16.5. The van der Waals surface area contributed by atoms with Crippen LogP contribution < -0.4 is 4.74 Å². The first-order chi connectivity index (χ1) is 12.7. The van der Waals surface area contributed by atoms with Gasteiger partial charge in [0.05, 0.1) is 19.2 Å². The van der Waals surface area contributed by atoms with Crippen molar-refractivity contribution in [3.8, 4) is 22.6 Å². The summed E-state index contributed by atoms with van der Waals surface area (Å²) in [6.07, 6.45) is 3.94. The fourth-order valence-electron chi connectivity index (χ4n) is 3.19. The molecule has 0 saturated carbocycles. The van der Waals surface area contributed by atoms with E-state index in [-0.39, 0.29) is 0 Å². The van der Waals surface area contributed by atoms with Crippen LogP contribution >= 0.6 is 0 Å². The maximum atomic E-state index is 7.34. The molecule has 0 saturated heterocycles.